The van der Waals surface area contributed by atoms with Gasteiger partial charge in [0.1, 0.15) is 6.07 Å². The van der Waals surface area contributed by atoms with Gasteiger partial charge in [-0.3, -0.25) is 4.79 Å². The van der Waals surface area contributed by atoms with Crippen molar-refractivity contribution in [2.45, 2.75) is 0 Å². The van der Waals surface area contributed by atoms with Crippen LogP contribution in [0, 0.1) is 11.3 Å². The normalized spacial score (nSPS) is 9.70. The van der Waals surface area contributed by atoms with Gasteiger partial charge in [0.15, 0.2) is 18.1 Å². The maximum Gasteiger partial charge on any atom is 0.338 e. The smallest absolute Gasteiger partial charge is 0.338 e. The van der Waals surface area contributed by atoms with E-state index < -0.39 is 18.5 Å². The molecule has 0 radical (unpaired) electrons. The maximum atomic E-state index is 12.3. The molecule has 0 aliphatic heterocycles. The van der Waals surface area contributed by atoms with E-state index in [2.05, 4.69) is 5.32 Å². The first-order chi connectivity index (χ1) is 13.0. The number of rotatable bonds is 7. The fraction of sp³-hybridized carbons (Fsp3) is 0.211. The molecule has 0 heterocycles. The number of benzene rings is 2. The summed E-state index contributed by atoms with van der Waals surface area (Å²) < 4.78 is 20.6. The number of hydrogen-bond donors (Lipinski definition) is 1. The van der Waals surface area contributed by atoms with E-state index in [4.69, 9.17) is 24.2 Å². The van der Waals surface area contributed by atoms with Gasteiger partial charge in [-0.2, -0.15) is 5.26 Å². The quantitative estimate of drug-likeness (QED) is 0.746. The van der Waals surface area contributed by atoms with Crippen LogP contribution in [0.2, 0.25) is 0 Å². The second-order valence-corrected chi connectivity index (χ2v) is 5.20. The Labute approximate surface area is 156 Å². The fourth-order valence-electron chi connectivity index (χ4n) is 2.29. The highest BCUT2D eigenvalue weighted by atomic mass is 16.5. The van der Waals surface area contributed by atoms with Crippen molar-refractivity contribution in [1.29, 1.82) is 5.26 Å². The summed E-state index contributed by atoms with van der Waals surface area (Å²) in [6.45, 7) is -0.519. The van der Waals surface area contributed by atoms with Gasteiger partial charge in [-0.15, -0.1) is 0 Å². The fourth-order valence-corrected chi connectivity index (χ4v) is 2.29. The van der Waals surface area contributed by atoms with Crippen LogP contribution >= 0.6 is 0 Å². The van der Waals surface area contributed by atoms with E-state index in [1.165, 1.54) is 33.5 Å². The zero-order valence-electron chi connectivity index (χ0n) is 15.1. The number of carbonyl (C=O) groups is 2. The summed E-state index contributed by atoms with van der Waals surface area (Å²) >= 11 is 0. The van der Waals surface area contributed by atoms with Gasteiger partial charge in [0.2, 0.25) is 5.75 Å². The van der Waals surface area contributed by atoms with Gasteiger partial charge in [0.25, 0.3) is 5.91 Å². The minimum Gasteiger partial charge on any atom is -0.493 e. The molecule has 0 fully saturated rings. The van der Waals surface area contributed by atoms with Crippen LogP contribution in [0.5, 0.6) is 17.2 Å². The standard InChI is InChI=1S/C19H18N2O6/c1-24-15-8-13(9-16(25-2)18(15)26-3)19(23)27-11-17(22)21-14-7-5-4-6-12(14)10-20/h4-9H,11H2,1-3H3,(H,21,22). The van der Waals surface area contributed by atoms with Gasteiger partial charge >= 0.3 is 5.97 Å². The van der Waals surface area contributed by atoms with Crippen LogP contribution in [0.15, 0.2) is 36.4 Å². The zero-order valence-corrected chi connectivity index (χ0v) is 15.1. The molecule has 0 aliphatic rings. The van der Waals surface area contributed by atoms with Gasteiger partial charge in [-0.25, -0.2) is 4.79 Å². The summed E-state index contributed by atoms with van der Waals surface area (Å²) in [6.07, 6.45) is 0. The molecular weight excluding hydrogens is 352 g/mol. The lowest BCUT2D eigenvalue weighted by atomic mass is 10.2. The zero-order chi connectivity index (χ0) is 19.8. The monoisotopic (exact) mass is 370 g/mol. The largest absolute Gasteiger partial charge is 0.493 e. The molecule has 2 rings (SSSR count). The van der Waals surface area contributed by atoms with E-state index in [-0.39, 0.29) is 17.1 Å². The van der Waals surface area contributed by atoms with Crippen LogP contribution in [0.1, 0.15) is 15.9 Å². The number of methoxy groups -OCH3 is 3. The van der Waals surface area contributed by atoms with Crippen molar-refractivity contribution in [3.8, 4) is 23.3 Å². The SMILES string of the molecule is COc1cc(C(=O)OCC(=O)Nc2ccccc2C#N)cc(OC)c1OC. The van der Waals surface area contributed by atoms with Gasteiger partial charge < -0.3 is 24.3 Å². The third-order valence-corrected chi connectivity index (χ3v) is 3.56. The van der Waals surface area contributed by atoms with Crippen molar-refractivity contribution in [2.75, 3.05) is 33.3 Å². The second kappa shape index (κ2) is 9.10. The summed E-state index contributed by atoms with van der Waals surface area (Å²) in [4.78, 5) is 24.3. The highest BCUT2D eigenvalue weighted by molar-refractivity contribution is 5.96. The molecule has 27 heavy (non-hydrogen) atoms. The summed E-state index contributed by atoms with van der Waals surface area (Å²) in [5.74, 6) is -0.397. The minimum atomic E-state index is -0.738. The van der Waals surface area contributed by atoms with Crippen molar-refractivity contribution in [3.63, 3.8) is 0 Å². The summed E-state index contributed by atoms with van der Waals surface area (Å²) in [7, 11) is 4.29. The third-order valence-electron chi connectivity index (χ3n) is 3.56. The molecule has 0 atom stereocenters. The van der Waals surface area contributed by atoms with E-state index in [1.807, 2.05) is 6.07 Å². The molecule has 8 nitrogen and oxygen atoms in total. The van der Waals surface area contributed by atoms with Crippen molar-refractivity contribution in [2.24, 2.45) is 0 Å². The molecule has 1 N–H and O–H groups in total. The number of nitrogens with zero attached hydrogens (tertiary/aromatic N) is 1. The molecule has 1 amide bonds. The molecule has 0 aromatic heterocycles. The van der Waals surface area contributed by atoms with Crippen molar-refractivity contribution >= 4 is 17.6 Å². The molecule has 0 unspecified atom stereocenters. The first kappa shape index (κ1) is 19.6. The topological polar surface area (TPSA) is 107 Å². The predicted molar refractivity (Wildman–Crippen MR) is 96.2 cm³/mol. The number of nitrogens with one attached hydrogen (secondary N) is 1. The minimum absolute atomic E-state index is 0.134. The summed E-state index contributed by atoms with van der Waals surface area (Å²) in [5.41, 5.74) is 0.783. The number of carbonyl (C=O) groups excluding carboxylic acids is 2. The van der Waals surface area contributed by atoms with Crippen molar-refractivity contribution in [3.05, 3.63) is 47.5 Å². The molecule has 140 valence electrons. The first-order valence-corrected chi connectivity index (χ1v) is 7.80. The van der Waals surface area contributed by atoms with Crippen LogP contribution < -0.4 is 19.5 Å². The number of anilines is 1. The Hall–Kier alpha value is -3.73. The number of esters is 1. The molecule has 0 bridgehead atoms. The summed E-state index contributed by atoms with van der Waals surface area (Å²) in [5, 5.41) is 11.5. The van der Waals surface area contributed by atoms with Crippen LogP contribution in [0.3, 0.4) is 0 Å². The van der Waals surface area contributed by atoms with E-state index >= 15 is 0 Å². The molecule has 8 heteroatoms. The molecule has 0 saturated carbocycles. The highest BCUT2D eigenvalue weighted by Crippen LogP contribution is 2.38. The van der Waals surface area contributed by atoms with Gasteiger partial charge in [0.05, 0.1) is 38.1 Å². The molecule has 0 spiro atoms. The van der Waals surface area contributed by atoms with E-state index in [9.17, 15) is 9.59 Å². The molecule has 2 aromatic carbocycles. The van der Waals surface area contributed by atoms with Crippen molar-refractivity contribution < 1.29 is 28.5 Å². The average molecular weight is 370 g/mol. The Morgan fingerprint density at radius 3 is 2.22 bits per heavy atom. The molecule has 0 aliphatic carbocycles. The van der Waals surface area contributed by atoms with E-state index in [0.29, 0.717) is 17.0 Å². The average Bonchev–Trinajstić information content (AvgIpc) is 2.71. The van der Waals surface area contributed by atoms with Gasteiger partial charge in [0, 0.05) is 0 Å². The highest BCUT2D eigenvalue weighted by Gasteiger charge is 2.18. The Balaban J connectivity index is 2.07. The number of para-hydroxylation sites is 1. The Morgan fingerprint density at radius 1 is 1.04 bits per heavy atom. The first-order valence-electron chi connectivity index (χ1n) is 7.80. The Kier molecular flexibility index (Phi) is 6.61. The Bertz CT molecular complexity index is 863. The summed E-state index contributed by atoms with van der Waals surface area (Å²) in [6, 6.07) is 11.3. The van der Waals surface area contributed by atoms with E-state index in [0.717, 1.165) is 0 Å². The number of hydrogen-bond acceptors (Lipinski definition) is 7. The molecular formula is C19H18N2O6. The maximum absolute atomic E-state index is 12.3. The van der Waals surface area contributed by atoms with E-state index in [1.54, 1.807) is 24.3 Å². The van der Waals surface area contributed by atoms with Gasteiger partial charge in [-0.1, -0.05) is 12.1 Å². The molecule has 0 saturated heterocycles. The van der Waals surface area contributed by atoms with Crippen LogP contribution in [-0.2, 0) is 9.53 Å². The number of amides is 1. The lowest BCUT2D eigenvalue weighted by molar-refractivity contribution is -0.119. The lowest BCUT2D eigenvalue weighted by Crippen LogP contribution is -2.21. The second-order valence-electron chi connectivity index (χ2n) is 5.20. The third kappa shape index (κ3) is 4.67. The van der Waals surface area contributed by atoms with Crippen LogP contribution in [0.4, 0.5) is 5.69 Å². The van der Waals surface area contributed by atoms with Crippen LogP contribution in [0.25, 0.3) is 0 Å². The lowest BCUT2D eigenvalue weighted by Gasteiger charge is -2.13. The van der Waals surface area contributed by atoms with Crippen LogP contribution in [-0.4, -0.2) is 39.8 Å². The van der Waals surface area contributed by atoms with Gasteiger partial charge in [-0.05, 0) is 24.3 Å². The number of ether oxygens (including phenoxy) is 4. The predicted octanol–water partition coefficient (Wildman–Crippen LogP) is 2.38. The molecule has 2 aromatic rings. The number of nitriles is 1. The Morgan fingerprint density at radius 2 is 1.67 bits per heavy atom. The van der Waals surface area contributed by atoms with Crippen molar-refractivity contribution in [1.82, 2.24) is 0 Å².